The first-order chi connectivity index (χ1) is 11.1. The minimum Gasteiger partial charge on any atom is -0.340 e. The first-order valence-electron chi connectivity index (χ1n) is 7.87. The molecule has 2 aromatic carbocycles. The number of rotatable bonds is 7. The van der Waals surface area contributed by atoms with Crippen LogP contribution in [0.3, 0.4) is 0 Å². The van der Waals surface area contributed by atoms with Gasteiger partial charge in [-0.2, -0.15) is 0 Å². The molecule has 1 unspecified atom stereocenters. The van der Waals surface area contributed by atoms with E-state index in [1.807, 2.05) is 61.6 Å². The lowest BCUT2D eigenvalue weighted by Crippen LogP contribution is -2.36. The van der Waals surface area contributed by atoms with Gasteiger partial charge in [-0.05, 0) is 29.7 Å². The lowest BCUT2D eigenvalue weighted by atomic mass is 10.0. The van der Waals surface area contributed by atoms with Crippen LogP contribution in [0.2, 0.25) is 5.02 Å². The summed E-state index contributed by atoms with van der Waals surface area (Å²) in [6.45, 7) is 3.03. The number of hydrogen-bond donors (Lipinski definition) is 1. The number of nitrogens with one attached hydrogen (secondary N) is 1. The number of nitrogens with zero attached hydrogens (tertiary/aromatic N) is 1. The van der Waals surface area contributed by atoms with Gasteiger partial charge < -0.3 is 10.2 Å². The van der Waals surface area contributed by atoms with E-state index in [1.165, 1.54) is 0 Å². The molecule has 0 fully saturated rings. The Morgan fingerprint density at radius 3 is 2.57 bits per heavy atom. The molecule has 0 bridgehead atoms. The normalized spacial score (nSPS) is 12.0. The molecule has 122 valence electrons. The fourth-order valence-corrected chi connectivity index (χ4v) is 2.71. The average Bonchev–Trinajstić information content (AvgIpc) is 2.56. The van der Waals surface area contributed by atoms with Crippen LogP contribution in [0.4, 0.5) is 0 Å². The quantitative estimate of drug-likeness (QED) is 0.831. The standard InChI is InChI=1S/C19H23ClN2O/c1-3-18(16-10-7-11-17(20)12-16)21-13-19(23)22(2)14-15-8-5-4-6-9-15/h4-12,18,21H,3,13-14H2,1-2H3. The van der Waals surface area contributed by atoms with Crippen molar-refractivity contribution in [3.63, 3.8) is 0 Å². The van der Waals surface area contributed by atoms with Crippen LogP contribution in [0, 0.1) is 0 Å². The zero-order valence-corrected chi connectivity index (χ0v) is 14.4. The second-order valence-electron chi connectivity index (χ2n) is 5.63. The molecule has 0 saturated carbocycles. The predicted molar refractivity (Wildman–Crippen MR) is 95.4 cm³/mol. The molecule has 0 aromatic heterocycles. The van der Waals surface area contributed by atoms with Gasteiger partial charge in [0.1, 0.15) is 0 Å². The number of halogens is 1. The van der Waals surface area contributed by atoms with E-state index in [0.717, 1.165) is 22.6 Å². The lowest BCUT2D eigenvalue weighted by Gasteiger charge is -2.21. The zero-order chi connectivity index (χ0) is 16.7. The van der Waals surface area contributed by atoms with Gasteiger partial charge >= 0.3 is 0 Å². The molecule has 2 aromatic rings. The fraction of sp³-hybridized carbons (Fsp3) is 0.316. The van der Waals surface area contributed by atoms with Crippen molar-refractivity contribution in [2.45, 2.75) is 25.9 Å². The Bertz CT molecular complexity index is 630. The van der Waals surface area contributed by atoms with Crippen molar-refractivity contribution >= 4 is 17.5 Å². The fourth-order valence-electron chi connectivity index (χ4n) is 2.51. The van der Waals surface area contributed by atoms with E-state index in [0.29, 0.717) is 13.1 Å². The van der Waals surface area contributed by atoms with E-state index in [1.54, 1.807) is 4.90 Å². The maximum absolute atomic E-state index is 12.3. The third-order valence-electron chi connectivity index (χ3n) is 3.85. The molecule has 0 aliphatic carbocycles. The van der Waals surface area contributed by atoms with Crippen LogP contribution >= 0.6 is 11.6 Å². The minimum atomic E-state index is 0.0781. The number of amides is 1. The Morgan fingerprint density at radius 2 is 1.91 bits per heavy atom. The van der Waals surface area contributed by atoms with Gasteiger partial charge in [0.05, 0.1) is 6.54 Å². The van der Waals surface area contributed by atoms with Crippen molar-refractivity contribution in [2.75, 3.05) is 13.6 Å². The molecule has 0 spiro atoms. The maximum Gasteiger partial charge on any atom is 0.236 e. The van der Waals surface area contributed by atoms with Crippen LogP contribution in [-0.4, -0.2) is 24.4 Å². The van der Waals surface area contributed by atoms with Crippen LogP contribution in [-0.2, 0) is 11.3 Å². The van der Waals surface area contributed by atoms with Crippen molar-refractivity contribution in [3.05, 3.63) is 70.7 Å². The maximum atomic E-state index is 12.3. The summed E-state index contributed by atoms with van der Waals surface area (Å²) in [5.41, 5.74) is 2.24. The van der Waals surface area contributed by atoms with Crippen molar-refractivity contribution in [1.29, 1.82) is 0 Å². The van der Waals surface area contributed by atoms with E-state index in [4.69, 9.17) is 11.6 Å². The molecular weight excluding hydrogens is 308 g/mol. The largest absolute Gasteiger partial charge is 0.340 e. The molecule has 0 aliphatic heterocycles. The lowest BCUT2D eigenvalue weighted by molar-refractivity contribution is -0.129. The van der Waals surface area contributed by atoms with Gasteiger partial charge in [0.25, 0.3) is 0 Å². The van der Waals surface area contributed by atoms with Gasteiger partial charge in [-0.3, -0.25) is 4.79 Å². The SMILES string of the molecule is CCC(NCC(=O)N(C)Cc1ccccc1)c1cccc(Cl)c1. The van der Waals surface area contributed by atoms with Crippen molar-refractivity contribution in [1.82, 2.24) is 10.2 Å². The Morgan fingerprint density at radius 1 is 1.17 bits per heavy atom. The number of carbonyl (C=O) groups excluding carboxylic acids is 1. The van der Waals surface area contributed by atoms with Crippen LogP contribution in [0.25, 0.3) is 0 Å². The van der Waals surface area contributed by atoms with Crippen LogP contribution in [0.1, 0.15) is 30.5 Å². The highest BCUT2D eigenvalue weighted by molar-refractivity contribution is 6.30. The summed E-state index contributed by atoms with van der Waals surface area (Å²) in [5, 5.41) is 4.05. The second kappa shape index (κ2) is 8.70. The van der Waals surface area contributed by atoms with E-state index < -0.39 is 0 Å². The van der Waals surface area contributed by atoms with Crippen molar-refractivity contribution in [3.8, 4) is 0 Å². The molecule has 4 heteroatoms. The third-order valence-corrected chi connectivity index (χ3v) is 4.08. The van der Waals surface area contributed by atoms with Crippen molar-refractivity contribution in [2.24, 2.45) is 0 Å². The minimum absolute atomic E-state index is 0.0781. The smallest absolute Gasteiger partial charge is 0.236 e. The molecule has 0 aliphatic rings. The summed E-state index contributed by atoms with van der Waals surface area (Å²) < 4.78 is 0. The molecule has 2 rings (SSSR count). The Labute approximate surface area is 143 Å². The van der Waals surface area contributed by atoms with Gasteiger partial charge in [0.2, 0.25) is 5.91 Å². The first-order valence-corrected chi connectivity index (χ1v) is 8.24. The number of hydrogen-bond acceptors (Lipinski definition) is 2. The monoisotopic (exact) mass is 330 g/mol. The van der Waals surface area contributed by atoms with Gasteiger partial charge in [-0.25, -0.2) is 0 Å². The zero-order valence-electron chi connectivity index (χ0n) is 13.6. The molecule has 0 heterocycles. The molecule has 1 N–H and O–H groups in total. The highest BCUT2D eigenvalue weighted by Gasteiger charge is 2.14. The van der Waals surface area contributed by atoms with E-state index in [2.05, 4.69) is 12.2 Å². The van der Waals surface area contributed by atoms with Gasteiger partial charge in [-0.15, -0.1) is 0 Å². The van der Waals surface area contributed by atoms with E-state index in [-0.39, 0.29) is 11.9 Å². The van der Waals surface area contributed by atoms with Gasteiger partial charge in [0.15, 0.2) is 0 Å². The van der Waals surface area contributed by atoms with Crippen LogP contribution in [0.15, 0.2) is 54.6 Å². The molecule has 1 amide bonds. The molecule has 23 heavy (non-hydrogen) atoms. The predicted octanol–water partition coefficient (Wildman–Crippen LogP) is 4.04. The Balaban J connectivity index is 1.89. The summed E-state index contributed by atoms with van der Waals surface area (Å²) in [6.07, 6.45) is 0.899. The highest BCUT2D eigenvalue weighted by atomic mass is 35.5. The van der Waals surface area contributed by atoms with E-state index in [9.17, 15) is 4.79 Å². The summed E-state index contributed by atoms with van der Waals surface area (Å²) in [5.74, 6) is 0.0781. The second-order valence-corrected chi connectivity index (χ2v) is 6.07. The Hall–Kier alpha value is -1.84. The molecule has 0 saturated heterocycles. The van der Waals surface area contributed by atoms with Gasteiger partial charge in [0, 0.05) is 24.7 Å². The molecule has 1 atom stereocenters. The number of likely N-dealkylation sites (N-methyl/N-ethyl adjacent to an activating group) is 1. The van der Waals surface area contributed by atoms with E-state index >= 15 is 0 Å². The topological polar surface area (TPSA) is 32.3 Å². The number of carbonyl (C=O) groups is 1. The summed E-state index contributed by atoms with van der Waals surface area (Å²) in [6, 6.07) is 17.9. The van der Waals surface area contributed by atoms with Crippen LogP contribution in [0.5, 0.6) is 0 Å². The molecule has 3 nitrogen and oxygen atoms in total. The highest BCUT2D eigenvalue weighted by Crippen LogP contribution is 2.20. The average molecular weight is 331 g/mol. The van der Waals surface area contributed by atoms with Crippen LogP contribution < -0.4 is 5.32 Å². The third kappa shape index (κ3) is 5.38. The molecule has 0 radical (unpaired) electrons. The summed E-state index contributed by atoms with van der Waals surface area (Å²) in [7, 11) is 1.83. The number of benzene rings is 2. The Kier molecular flexibility index (Phi) is 6.63. The van der Waals surface area contributed by atoms with Crippen molar-refractivity contribution < 1.29 is 4.79 Å². The summed E-state index contributed by atoms with van der Waals surface area (Å²) in [4.78, 5) is 14.0. The molecular formula is C19H23ClN2O. The van der Waals surface area contributed by atoms with Gasteiger partial charge in [-0.1, -0.05) is 61.0 Å². The first kappa shape index (κ1) is 17.5. The summed E-state index contributed by atoms with van der Waals surface area (Å²) >= 11 is 6.05.